The normalized spacial score (nSPS) is 16.0. The summed E-state index contributed by atoms with van der Waals surface area (Å²) in [4.78, 5) is 28.8. The molecule has 2 N–H and O–H groups in total. The Bertz CT molecular complexity index is 909. The van der Waals surface area contributed by atoms with E-state index in [0.717, 1.165) is 10.0 Å². The van der Waals surface area contributed by atoms with Crippen molar-refractivity contribution >= 4 is 39.5 Å². The Labute approximate surface area is 175 Å². The summed E-state index contributed by atoms with van der Waals surface area (Å²) in [7, 11) is 1.49. The number of hydrogen-bond acceptors (Lipinski definition) is 4. The quantitative estimate of drug-likeness (QED) is 0.670. The van der Waals surface area contributed by atoms with E-state index < -0.39 is 6.09 Å². The first-order valence-corrected chi connectivity index (χ1v) is 9.81. The lowest BCUT2D eigenvalue weighted by Gasteiger charge is -2.23. The van der Waals surface area contributed by atoms with E-state index >= 15 is 0 Å². The SMILES string of the molecule is COc1nc(-c2cccc(Br)c2Cl)ccc1CN(C[C@@H]1CCC(=O)N1)C(=O)O. The number of carbonyl (C=O) groups excluding carboxylic acids is 1. The van der Waals surface area contributed by atoms with Crippen molar-refractivity contribution in [1.82, 2.24) is 15.2 Å². The smallest absolute Gasteiger partial charge is 0.407 e. The summed E-state index contributed by atoms with van der Waals surface area (Å²) >= 11 is 9.74. The van der Waals surface area contributed by atoms with Gasteiger partial charge < -0.3 is 20.1 Å². The van der Waals surface area contributed by atoms with Gasteiger partial charge in [0, 0.05) is 34.6 Å². The molecular weight excluding hydrogens is 450 g/mol. The number of pyridine rings is 1. The maximum Gasteiger partial charge on any atom is 0.407 e. The molecule has 1 aromatic heterocycles. The molecule has 1 aliphatic heterocycles. The van der Waals surface area contributed by atoms with E-state index in [1.165, 1.54) is 12.0 Å². The number of hydrogen-bond donors (Lipinski definition) is 2. The Hall–Kier alpha value is -2.32. The number of nitrogens with zero attached hydrogens (tertiary/aromatic N) is 2. The van der Waals surface area contributed by atoms with E-state index in [9.17, 15) is 14.7 Å². The fraction of sp³-hybridized carbons (Fsp3) is 0.316. The highest BCUT2D eigenvalue weighted by molar-refractivity contribution is 9.10. The first-order chi connectivity index (χ1) is 13.4. The molecule has 1 atom stereocenters. The molecule has 0 bridgehead atoms. The number of methoxy groups -OCH3 is 1. The minimum absolute atomic E-state index is 0.0511. The summed E-state index contributed by atoms with van der Waals surface area (Å²) < 4.78 is 6.15. The molecule has 0 saturated carbocycles. The van der Waals surface area contributed by atoms with Crippen LogP contribution in [0.25, 0.3) is 11.3 Å². The molecule has 0 aliphatic carbocycles. The number of rotatable bonds is 6. The predicted octanol–water partition coefficient (Wildman–Crippen LogP) is 3.93. The van der Waals surface area contributed by atoms with Crippen LogP contribution < -0.4 is 10.1 Å². The lowest BCUT2D eigenvalue weighted by atomic mass is 10.1. The van der Waals surface area contributed by atoms with E-state index in [-0.39, 0.29) is 25.0 Å². The van der Waals surface area contributed by atoms with Gasteiger partial charge in [0.05, 0.1) is 24.4 Å². The van der Waals surface area contributed by atoms with Crippen molar-refractivity contribution in [1.29, 1.82) is 0 Å². The van der Waals surface area contributed by atoms with Crippen LogP contribution in [0.5, 0.6) is 5.88 Å². The molecule has 7 nitrogen and oxygen atoms in total. The van der Waals surface area contributed by atoms with Crippen LogP contribution in [0, 0.1) is 0 Å². The van der Waals surface area contributed by atoms with Gasteiger partial charge in [-0.3, -0.25) is 4.79 Å². The fourth-order valence-corrected chi connectivity index (χ4v) is 3.70. The lowest BCUT2D eigenvalue weighted by molar-refractivity contribution is -0.119. The Morgan fingerprint density at radius 2 is 2.21 bits per heavy atom. The van der Waals surface area contributed by atoms with Crippen LogP contribution in [0.3, 0.4) is 0 Å². The molecule has 1 aliphatic rings. The Morgan fingerprint density at radius 1 is 1.43 bits per heavy atom. The first kappa shape index (κ1) is 20.4. The highest BCUT2D eigenvalue weighted by Gasteiger charge is 2.26. The van der Waals surface area contributed by atoms with E-state index in [2.05, 4.69) is 26.2 Å². The number of carbonyl (C=O) groups is 2. The molecule has 1 fully saturated rings. The maximum absolute atomic E-state index is 11.7. The lowest BCUT2D eigenvalue weighted by Crippen LogP contribution is -2.41. The minimum Gasteiger partial charge on any atom is -0.481 e. The van der Waals surface area contributed by atoms with Crippen molar-refractivity contribution in [3.8, 4) is 17.1 Å². The topological polar surface area (TPSA) is 91.8 Å². The maximum atomic E-state index is 11.7. The van der Waals surface area contributed by atoms with Gasteiger partial charge in [-0.1, -0.05) is 23.7 Å². The van der Waals surface area contributed by atoms with Crippen molar-refractivity contribution in [2.75, 3.05) is 13.7 Å². The fourth-order valence-electron chi connectivity index (χ4n) is 3.11. The van der Waals surface area contributed by atoms with Gasteiger partial charge in [-0.15, -0.1) is 0 Å². The van der Waals surface area contributed by atoms with Crippen LogP contribution >= 0.6 is 27.5 Å². The molecule has 0 unspecified atom stereocenters. The van der Waals surface area contributed by atoms with Crippen LogP contribution in [0.1, 0.15) is 18.4 Å². The molecule has 148 valence electrons. The van der Waals surface area contributed by atoms with Gasteiger partial charge in [0.15, 0.2) is 0 Å². The van der Waals surface area contributed by atoms with Crippen molar-refractivity contribution in [3.63, 3.8) is 0 Å². The van der Waals surface area contributed by atoms with Gasteiger partial charge in [-0.05, 0) is 40.5 Å². The summed E-state index contributed by atoms with van der Waals surface area (Å²) in [6, 6.07) is 8.92. The second-order valence-electron chi connectivity index (χ2n) is 6.43. The molecule has 9 heteroatoms. The van der Waals surface area contributed by atoms with Gasteiger partial charge in [0.25, 0.3) is 0 Å². The molecule has 0 spiro atoms. The van der Waals surface area contributed by atoms with Gasteiger partial charge in [0.2, 0.25) is 11.8 Å². The molecule has 28 heavy (non-hydrogen) atoms. The first-order valence-electron chi connectivity index (χ1n) is 8.64. The largest absolute Gasteiger partial charge is 0.481 e. The molecule has 0 radical (unpaired) electrons. The van der Waals surface area contributed by atoms with Crippen LogP contribution in [0.2, 0.25) is 5.02 Å². The summed E-state index contributed by atoms with van der Waals surface area (Å²) in [6.07, 6.45) is -0.0222. The Balaban J connectivity index is 1.83. The van der Waals surface area contributed by atoms with Crippen molar-refractivity contribution < 1.29 is 19.4 Å². The van der Waals surface area contributed by atoms with Gasteiger partial charge in [-0.25, -0.2) is 9.78 Å². The number of aromatic nitrogens is 1. The predicted molar refractivity (Wildman–Crippen MR) is 109 cm³/mol. The van der Waals surface area contributed by atoms with Crippen LogP contribution in [-0.4, -0.2) is 46.7 Å². The average Bonchev–Trinajstić information content (AvgIpc) is 3.08. The summed E-state index contributed by atoms with van der Waals surface area (Å²) in [5, 5.41) is 12.9. The highest BCUT2D eigenvalue weighted by atomic mass is 79.9. The Kier molecular flexibility index (Phi) is 6.41. The van der Waals surface area contributed by atoms with Crippen molar-refractivity contribution in [2.24, 2.45) is 0 Å². The van der Waals surface area contributed by atoms with E-state index in [1.54, 1.807) is 12.1 Å². The summed E-state index contributed by atoms with van der Waals surface area (Å²) in [5.74, 6) is 0.278. The molecule has 2 aromatic rings. The second kappa shape index (κ2) is 8.79. The van der Waals surface area contributed by atoms with Crippen LogP contribution in [-0.2, 0) is 11.3 Å². The van der Waals surface area contributed by atoms with E-state index in [0.29, 0.717) is 35.0 Å². The van der Waals surface area contributed by atoms with Crippen molar-refractivity contribution in [3.05, 3.63) is 45.4 Å². The van der Waals surface area contributed by atoms with E-state index in [4.69, 9.17) is 16.3 Å². The molecule has 2 amide bonds. The molecule has 2 heterocycles. The summed E-state index contributed by atoms with van der Waals surface area (Å²) in [6.45, 7) is 0.313. The third-order valence-corrected chi connectivity index (χ3v) is 5.81. The number of ether oxygens (including phenoxy) is 1. The number of benzene rings is 1. The third-order valence-electron chi connectivity index (χ3n) is 4.52. The van der Waals surface area contributed by atoms with Gasteiger partial charge >= 0.3 is 6.09 Å². The Morgan fingerprint density at radius 3 is 2.86 bits per heavy atom. The van der Waals surface area contributed by atoms with Gasteiger partial charge in [-0.2, -0.15) is 0 Å². The second-order valence-corrected chi connectivity index (χ2v) is 7.66. The zero-order valence-electron chi connectivity index (χ0n) is 15.1. The minimum atomic E-state index is -1.07. The molecule has 1 saturated heterocycles. The number of halogens is 2. The molecule has 3 rings (SSSR count). The molecule has 1 aromatic carbocycles. The van der Waals surface area contributed by atoms with E-state index in [1.807, 2.05) is 18.2 Å². The zero-order chi connectivity index (χ0) is 20.3. The third kappa shape index (κ3) is 4.56. The molecular formula is C19H19BrClN3O4. The number of carboxylic acid groups (broad SMARTS) is 1. The van der Waals surface area contributed by atoms with Crippen LogP contribution in [0.4, 0.5) is 4.79 Å². The van der Waals surface area contributed by atoms with Gasteiger partial charge in [0.1, 0.15) is 0 Å². The van der Waals surface area contributed by atoms with Crippen molar-refractivity contribution in [2.45, 2.75) is 25.4 Å². The highest BCUT2D eigenvalue weighted by Crippen LogP contribution is 2.34. The monoisotopic (exact) mass is 467 g/mol. The zero-order valence-corrected chi connectivity index (χ0v) is 17.5. The number of nitrogens with one attached hydrogen (secondary N) is 1. The average molecular weight is 469 g/mol. The van der Waals surface area contributed by atoms with Crippen LogP contribution in [0.15, 0.2) is 34.8 Å². The summed E-state index contributed by atoms with van der Waals surface area (Å²) in [5.41, 5.74) is 1.99. The standard InChI is InChI=1S/C19H19BrClN3O4/c1-28-18-11(9-24(19(26)27)10-12-6-8-16(25)22-12)5-7-15(23-18)13-3-2-4-14(20)17(13)21/h2-5,7,12H,6,8-10H2,1H3,(H,22,25)(H,26,27)/t12-/m0/s1. The number of amides is 2.